The fourth-order valence-electron chi connectivity index (χ4n) is 1.16. The van der Waals surface area contributed by atoms with Crippen LogP contribution in [-0.2, 0) is 4.74 Å². The predicted molar refractivity (Wildman–Crippen MR) is 63.3 cm³/mol. The van der Waals surface area contributed by atoms with E-state index in [-0.39, 0.29) is 11.6 Å². The molecular formula is C10H17N5O2. The number of ether oxygens (including phenoxy) is 1. The van der Waals surface area contributed by atoms with Crippen molar-refractivity contribution in [1.82, 2.24) is 14.9 Å². The number of likely N-dealkylation sites (N-methyl/N-ethyl adjacent to an activating group) is 1. The molecule has 94 valence electrons. The van der Waals surface area contributed by atoms with E-state index in [0.717, 1.165) is 0 Å². The number of carbonyl (C=O) groups excluding carboxylic acids is 1. The number of nitrogen functional groups attached to an aromatic ring is 1. The number of hydrogen-bond donors (Lipinski definition) is 2. The van der Waals surface area contributed by atoms with Crippen LogP contribution in [-0.4, -0.2) is 47.6 Å². The summed E-state index contributed by atoms with van der Waals surface area (Å²) < 4.78 is 5.17. The summed E-state index contributed by atoms with van der Waals surface area (Å²) in [6.45, 7) is 3.57. The Bertz CT molecular complexity index is 354. The van der Waals surface area contributed by atoms with Gasteiger partial charge in [0, 0.05) is 20.2 Å². The molecule has 0 saturated carbocycles. The minimum atomic E-state index is -0.194. The second kappa shape index (κ2) is 6.77. The van der Waals surface area contributed by atoms with Crippen LogP contribution >= 0.6 is 0 Å². The summed E-state index contributed by atoms with van der Waals surface area (Å²) in [4.78, 5) is 21.3. The van der Waals surface area contributed by atoms with Gasteiger partial charge in [0.15, 0.2) is 5.82 Å². The fourth-order valence-corrected chi connectivity index (χ4v) is 1.16. The molecule has 0 unspecified atom stereocenters. The van der Waals surface area contributed by atoms with Gasteiger partial charge in [-0.15, -0.1) is 0 Å². The maximum absolute atomic E-state index is 11.9. The highest BCUT2D eigenvalue weighted by atomic mass is 16.5. The number of anilines is 1. The van der Waals surface area contributed by atoms with Crippen LogP contribution in [0.15, 0.2) is 12.4 Å². The summed E-state index contributed by atoms with van der Waals surface area (Å²) in [7, 11) is 1.69. The smallest absolute Gasteiger partial charge is 0.273 e. The van der Waals surface area contributed by atoms with Crippen molar-refractivity contribution in [3.63, 3.8) is 0 Å². The largest absolute Gasteiger partial charge is 0.380 e. The van der Waals surface area contributed by atoms with Gasteiger partial charge >= 0.3 is 0 Å². The molecule has 0 aliphatic heterocycles. The monoisotopic (exact) mass is 239 g/mol. The molecule has 0 aliphatic carbocycles. The lowest BCUT2D eigenvalue weighted by molar-refractivity contribution is 0.0704. The average Bonchev–Trinajstić information content (AvgIpc) is 2.38. The van der Waals surface area contributed by atoms with Gasteiger partial charge in [0.1, 0.15) is 5.69 Å². The zero-order valence-corrected chi connectivity index (χ0v) is 10.0. The lowest BCUT2D eigenvalue weighted by Gasteiger charge is -2.16. The highest BCUT2D eigenvalue weighted by molar-refractivity contribution is 5.91. The van der Waals surface area contributed by atoms with E-state index in [1.165, 1.54) is 17.3 Å². The van der Waals surface area contributed by atoms with E-state index in [4.69, 9.17) is 10.6 Å². The van der Waals surface area contributed by atoms with Gasteiger partial charge in [0.2, 0.25) is 0 Å². The van der Waals surface area contributed by atoms with E-state index in [1.54, 1.807) is 7.05 Å². The molecule has 1 aromatic heterocycles. The molecule has 1 heterocycles. The fraction of sp³-hybridized carbons (Fsp3) is 0.500. The summed E-state index contributed by atoms with van der Waals surface area (Å²) in [6.07, 6.45) is 2.79. The van der Waals surface area contributed by atoms with Crippen LogP contribution < -0.4 is 11.3 Å². The third kappa shape index (κ3) is 3.97. The number of nitrogens with zero attached hydrogens (tertiary/aromatic N) is 3. The number of hydrogen-bond acceptors (Lipinski definition) is 6. The maximum atomic E-state index is 11.9. The van der Waals surface area contributed by atoms with Gasteiger partial charge in [-0.3, -0.25) is 4.79 Å². The van der Waals surface area contributed by atoms with Gasteiger partial charge in [0.25, 0.3) is 5.91 Å². The maximum Gasteiger partial charge on any atom is 0.273 e. The molecule has 0 saturated heterocycles. The Morgan fingerprint density at radius 2 is 2.29 bits per heavy atom. The Morgan fingerprint density at radius 3 is 2.82 bits per heavy atom. The molecule has 0 radical (unpaired) electrons. The van der Waals surface area contributed by atoms with Crippen molar-refractivity contribution >= 4 is 11.7 Å². The second-order valence-corrected chi connectivity index (χ2v) is 3.35. The van der Waals surface area contributed by atoms with Crippen molar-refractivity contribution in [2.75, 3.05) is 32.2 Å². The first-order valence-electron chi connectivity index (χ1n) is 5.31. The van der Waals surface area contributed by atoms with Crippen molar-refractivity contribution in [3.8, 4) is 0 Å². The van der Waals surface area contributed by atoms with Gasteiger partial charge in [0.05, 0.1) is 19.0 Å². The van der Waals surface area contributed by atoms with E-state index in [2.05, 4.69) is 15.4 Å². The van der Waals surface area contributed by atoms with Crippen LogP contribution in [0, 0.1) is 0 Å². The summed E-state index contributed by atoms with van der Waals surface area (Å²) >= 11 is 0. The molecule has 17 heavy (non-hydrogen) atoms. The number of aromatic nitrogens is 2. The lowest BCUT2D eigenvalue weighted by atomic mass is 10.4. The first kappa shape index (κ1) is 13.3. The number of nitrogens with one attached hydrogen (secondary N) is 1. The molecule has 0 bridgehead atoms. The molecule has 1 rings (SSSR count). The van der Waals surface area contributed by atoms with E-state index in [0.29, 0.717) is 25.6 Å². The summed E-state index contributed by atoms with van der Waals surface area (Å²) in [5, 5.41) is 0. The standard InChI is InChI=1S/C10H17N5O2/c1-3-17-5-4-15(2)10(16)8-6-13-9(14-11)7-12-8/h6-7H,3-5,11H2,1-2H3,(H,13,14). The summed E-state index contributed by atoms with van der Waals surface area (Å²) in [5.41, 5.74) is 2.63. The van der Waals surface area contributed by atoms with Crippen LogP contribution in [0.5, 0.6) is 0 Å². The first-order valence-corrected chi connectivity index (χ1v) is 5.31. The van der Waals surface area contributed by atoms with Gasteiger partial charge < -0.3 is 15.1 Å². The summed E-state index contributed by atoms with van der Waals surface area (Å²) in [6, 6.07) is 0. The molecule has 7 nitrogen and oxygen atoms in total. The number of hydrazine groups is 1. The number of rotatable bonds is 6. The molecular weight excluding hydrogens is 222 g/mol. The van der Waals surface area contributed by atoms with E-state index >= 15 is 0 Å². The van der Waals surface area contributed by atoms with Gasteiger partial charge in [-0.05, 0) is 6.92 Å². The van der Waals surface area contributed by atoms with E-state index in [1.807, 2.05) is 6.92 Å². The highest BCUT2D eigenvalue weighted by Crippen LogP contribution is 2.02. The highest BCUT2D eigenvalue weighted by Gasteiger charge is 2.13. The van der Waals surface area contributed by atoms with Crippen LogP contribution in [0.25, 0.3) is 0 Å². The lowest BCUT2D eigenvalue weighted by Crippen LogP contribution is -2.31. The molecule has 0 atom stereocenters. The van der Waals surface area contributed by atoms with Crippen LogP contribution in [0.1, 0.15) is 17.4 Å². The van der Waals surface area contributed by atoms with Crippen molar-refractivity contribution in [2.45, 2.75) is 6.92 Å². The topological polar surface area (TPSA) is 93.4 Å². The van der Waals surface area contributed by atoms with Gasteiger partial charge in [-0.1, -0.05) is 0 Å². The first-order chi connectivity index (χ1) is 8.19. The minimum absolute atomic E-state index is 0.194. The minimum Gasteiger partial charge on any atom is -0.380 e. The number of amides is 1. The van der Waals surface area contributed by atoms with Crippen molar-refractivity contribution < 1.29 is 9.53 Å². The average molecular weight is 239 g/mol. The predicted octanol–water partition coefficient (Wildman–Crippen LogP) is -0.129. The van der Waals surface area contributed by atoms with E-state index in [9.17, 15) is 4.79 Å². The normalized spacial score (nSPS) is 10.1. The number of nitrogens with two attached hydrogens (primary N) is 1. The molecule has 0 aliphatic rings. The Balaban J connectivity index is 2.55. The van der Waals surface area contributed by atoms with Crippen molar-refractivity contribution in [2.24, 2.45) is 5.84 Å². The molecule has 1 aromatic rings. The SMILES string of the molecule is CCOCCN(C)C(=O)c1cnc(NN)cn1. The van der Waals surface area contributed by atoms with E-state index < -0.39 is 0 Å². The molecule has 1 amide bonds. The molecule has 7 heteroatoms. The Kier molecular flexibility index (Phi) is 5.31. The molecule has 0 spiro atoms. The Labute approximate surface area is 100.0 Å². The molecule has 3 N–H and O–H groups in total. The Morgan fingerprint density at radius 1 is 1.53 bits per heavy atom. The van der Waals surface area contributed by atoms with Gasteiger partial charge in [-0.25, -0.2) is 15.8 Å². The quantitative estimate of drug-likeness (QED) is 0.408. The zero-order chi connectivity index (χ0) is 12.7. The van der Waals surface area contributed by atoms with Crippen molar-refractivity contribution in [3.05, 3.63) is 18.1 Å². The summed E-state index contributed by atoms with van der Waals surface area (Å²) in [5.74, 6) is 5.37. The zero-order valence-electron chi connectivity index (χ0n) is 10.0. The third-order valence-corrected chi connectivity index (χ3v) is 2.14. The van der Waals surface area contributed by atoms with Crippen molar-refractivity contribution in [1.29, 1.82) is 0 Å². The third-order valence-electron chi connectivity index (χ3n) is 2.14. The van der Waals surface area contributed by atoms with Crippen LogP contribution in [0.2, 0.25) is 0 Å². The molecule has 0 fully saturated rings. The Hall–Kier alpha value is -1.73. The van der Waals surface area contributed by atoms with Gasteiger partial charge in [-0.2, -0.15) is 0 Å². The second-order valence-electron chi connectivity index (χ2n) is 3.35. The van der Waals surface area contributed by atoms with Crippen LogP contribution in [0.4, 0.5) is 5.82 Å². The number of carbonyl (C=O) groups is 1. The van der Waals surface area contributed by atoms with Crippen LogP contribution in [0.3, 0.4) is 0 Å². The molecule has 0 aromatic carbocycles.